The van der Waals surface area contributed by atoms with Gasteiger partial charge in [0.15, 0.2) is 0 Å². The van der Waals surface area contributed by atoms with Crippen molar-refractivity contribution in [3.63, 3.8) is 0 Å². The molecule has 0 aromatic carbocycles. The maximum Gasteiger partial charge on any atom is 0.255 e. The third-order valence-corrected chi connectivity index (χ3v) is 4.11. The van der Waals surface area contributed by atoms with Crippen LogP contribution >= 0.6 is 11.3 Å². The lowest BCUT2D eigenvalue weighted by molar-refractivity contribution is 0.0939. The second-order valence-corrected chi connectivity index (χ2v) is 5.36. The summed E-state index contributed by atoms with van der Waals surface area (Å²) >= 11 is 1.65. The first-order valence-electron chi connectivity index (χ1n) is 5.85. The number of thiophene rings is 1. The molecule has 0 saturated carbocycles. The molecule has 0 aliphatic carbocycles. The third kappa shape index (κ3) is 2.31. The van der Waals surface area contributed by atoms with Crippen molar-refractivity contribution in [2.24, 2.45) is 7.05 Å². The van der Waals surface area contributed by atoms with Crippen LogP contribution in [-0.4, -0.2) is 15.7 Å². The summed E-state index contributed by atoms with van der Waals surface area (Å²) in [5.74, 6) is -0.0565. The van der Waals surface area contributed by atoms with Gasteiger partial charge in [0, 0.05) is 17.6 Å². The first-order valence-corrected chi connectivity index (χ1v) is 6.73. The maximum atomic E-state index is 12.2. The molecular formula is C13H17N3OS. The molecule has 1 amide bonds. The van der Waals surface area contributed by atoms with E-state index in [-0.39, 0.29) is 11.9 Å². The van der Waals surface area contributed by atoms with E-state index >= 15 is 0 Å². The summed E-state index contributed by atoms with van der Waals surface area (Å²) in [6, 6.07) is 4.04. The fraction of sp³-hybridized carbons (Fsp3) is 0.385. The van der Waals surface area contributed by atoms with Crippen molar-refractivity contribution in [1.29, 1.82) is 0 Å². The molecule has 0 unspecified atom stereocenters. The standard InChI is InChI=1S/C13H17N3OS/c1-8(11-6-5-7-18-11)14-13(17)12-9(2)15-16(4)10(12)3/h5-8H,1-4H3,(H,14,17)/t8-/m0/s1. The van der Waals surface area contributed by atoms with Crippen LogP contribution in [0.15, 0.2) is 17.5 Å². The molecule has 0 aliphatic rings. The third-order valence-electron chi connectivity index (χ3n) is 3.05. The summed E-state index contributed by atoms with van der Waals surface area (Å²) < 4.78 is 1.74. The SMILES string of the molecule is Cc1nn(C)c(C)c1C(=O)N[C@@H](C)c1cccs1. The van der Waals surface area contributed by atoms with E-state index in [1.165, 1.54) is 0 Å². The lowest BCUT2D eigenvalue weighted by Crippen LogP contribution is -2.27. The van der Waals surface area contributed by atoms with E-state index in [0.717, 1.165) is 16.3 Å². The monoisotopic (exact) mass is 263 g/mol. The molecule has 1 atom stereocenters. The molecule has 0 fully saturated rings. The summed E-state index contributed by atoms with van der Waals surface area (Å²) in [7, 11) is 1.85. The van der Waals surface area contributed by atoms with Crippen molar-refractivity contribution in [2.45, 2.75) is 26.8 Å². The Labute approximate surface area is 111 Å². The summed E-state index contributed by atoms with van der Waals surface area (Å²) in [6.45, 7) is 5.76. The highest BCUT2D eigenvalue weighted by Gasteiger charge is 2.19. The fourth-order valence-electron chi connectivity index (χ4n) is 1.98. The van der Waals surface area contributed by atoms with Gasteiger partial charge in [0.25, 0.3) is 5.91 Å². The summed E-state index contributed by atoms with van der Waals surface area (Å²) in [6.07, 6.45) is 0. The molecule has 0 spiro atoms. The number of carbonyl (C=O) groups excluding carboxylic acids is 1. The van der Waals surface area contributed by atoms with E-state index in [1.54, 1.807) is 16.0 Å². The van der Waals surface area contributed by atoms with Crippen LogP contribution in [0.3, 0.4) is 0 Å². The minimum atomic E-state index is -0.0565. The predicted molar refractivity (Wildman–Crippen MR) is 72.9 cm³/mol. The van der Waals surface area contributed by atoms with Crippen LogP contribution in [0.5, 0.6) is 0 Å². The van der Waals surface area contributed by atoms with Gasteiger partial charge in [-0.05, 0) is 32.2 Å². The average molecular weight is 263 g/mol. The molecule has 0 saturated heterocycles. The molecule has 2 aromatic rings. The van der Waals surface area contributed by atoms with Crippen molar-refractivity contribution in [3.8, 4) is 0 Å². The van der Waals surface area contributed by atoms with E-state index in [1.807, 2.05) is 45.3 Å². The highest BCUT2D eigenvalue weighted by Crippen LogP contribution is 2.19. The largest absolute Gasteiger partial charge is 0.345 e. The molecule has 0 radical (unpaired) electrons. The highest BCUT2D eigenvalue weighted by atomic mass is 32.1. The van der Waals surface area contributed by atoms with Crippen LogP contribution in [0.25, 0.3) is 0 Å². The number of nitrogens with one attached hydrogen (secondary N) is 1. The second-order valence-electron chi connectivity index (χ2n) is 4.38. The van der Waals surface area contributed by atoms with E-state index in [0.29, 0.717) is 5.56 Å². The second kappa shape index (κ2) is 4.94. The van der Waals surface area contributed by atoms with Crippen LogP contribution in [0.4, 0.5) is 0 Å². The van der Waals surface area contributed by atoms with E-state index in [4.69, 9.17) is 0 Å². The van der Waals surface area contributed by atoms with Gasteiger partial charge in [-0.1, -0.05) is 6.07 Å². The Morgan fingerprint density at radius 3 is 2.72 bits per heavy atom. The fourth-order valence-corrected chi connectivity index (χ4v) is 2.71. The van der Waals surface area contributed by atoms with Gasteiger partial charge in [-0.25, -0.2) is 0 Å². The number of amides is 1. The molecule has 2 aromatic heterocycles. The van der Waals surface area contributed by atoms with Crippen molar-refractivity contribution in [2.75, 3.05) is 0 Å². The quantitative estimate of drug-likeness (QED) is 0.925. The van der Waals surface area contributed by atoms with Crippen LogP contribution in [0, 0.1) is 13.8 Å². The summed E-state index contributed by atoms with van der Waals surface area (Å²) in [5, 5.41) is 9.28. The Hall–Kier alpha value is -1.62. The van der Waals surface area contributed by atoms with Crippen LogP contribution in [0.2, 0.25) is 0 Å². The molecule has 4 nitrogen and oxygen atoms in total. The molecular weight excluding hydrogens is 246 g/mol. The van der Waals surface area contributed by atoms with E-state index in [2.05, 4.69) is 10.4 Å². The van der Waals surface area contributed by atoms with Gasteiger partial charge in [0.05, 0.1) is 17.3 Å². The maximum absolute atomic E-state index is 12.2. The van der Waals surface area contributed by atoms with E-state index < -0.39 is 0 Å². The topological polar surface area (TPSA) is 46.9 Å². The average Bonchev–Trinajstić information content (AvgIpc) is 2.88. The van der Waals surface area contributed by atoms with Gasteiger partial charge in [-0.2, -0.15) is 5.10 Å². The first kappa shape index (κ1) is 12.8. The summed E-state index contributed by atoms with van der Waals surface area (Å²) in [4.78, 5) is 13.4. The Morgan fingerprint density at radius 1 is 1.50 bits per heavy atom. The Morgan fingerprint density at radius 2 is 2.22 bits per heavy atom. The number of hydrogen-bond acceptors (Lipinski definition) is 3. The zero-order valence-electron chi connectivity index (χ0n) is 11.0. The molecule has 0 bridgehead atoms. The molecule has 0 aliphatic heterocycles. The van der Waals surface area contributed by atoms with Crippen molar-refractivity contribution >= 4 is 17.2 Å². The molecule has 2 heterocycles. The normalized spacial score (nSPS) is 12.4. The molecule has 96 valence electrons. The van der Waals surface area contributed by atoms with Gasteiger partial charge >= 0.3 is 0 Å². The van der Waals surface area contributed by atoms with Gasteiger partial charge in [0.2, 0.25) is 0 Å². The van der Waals surface area contributed by atoms with Crippen molar-refractivity contribution < 1.29 is 4.79 Å². The van der Waals surface area contributed by atoms with Crippen molar-refractivity contribution in [3.05, 3.63) is 39.3 Å². The smallest absolute Gasteiger partial charge is 0.255 e. The Kier molecular flexibility index (Phi) is 3.52. The van der Waals surface area contributed by atoms with Gasteiger partial charge in [-0.3, -0.25) is 9.48 Å². The van der Waals surface area contributed by atoms with Crippen LogP contribution in [-0.2, 0) is 7.05 Å². The molecule has 18 heavy (non-hydrogen) atoms. The van der Waals surface area contributed by atoms with Gasteiger partial charge < -0.3 is 5.32 Å². The summed E-state index contributed by atoms with van der Waals surface area (Å²) in [5.41, 5.74) is 2.34. The Balaban J connectivity index is 2.17. The number of nitrogens with zero attached hydrogens (tertiary/aromatic N) is 2. The molecule has 2 rings (SSSR count). The van der Waals surface area contributed by atoms with Gasteiger partial charge in [0.1, 0.15) is 0 Å². The van der Waals surface area contributed by atoms with Crippen molar-refractivity contribution in [1.82, 2.24) is 15.1 Å². The lowest BCUT2D eigenvalue weighted by atomic mass is 10.1. The lowest BCUT2D eigenvalue weighted by Gasteiger charge is -2.12. The van der Waals surface area contributed by atoms with Gasteiger partial charge in [-0.15, -0.1) is 11.3 Å². The minimum absolute atomic E-state index is 0.0245. The zero-order valence-corrected chi connectivity index (χ0v) is 11.8. The number of rotatable bonds is 3. The minimum Gasteiger partial charge on any atom is -0.345 e. The van der Waals surface area contributed by atoms with Crippen LogP contribution in [0.1, 0.15) is 39.6 Å². The Bertz CT molecular complexity index is 557. The number of hydrogen-bond donors (Lipinski definition) is 1. The zero-order chi connectivity index (χ0) is 13.3. The highest BCUT2D eigenvalue weighted by molar-refractivity contribution is 7.10. The molecule has 5 heteroatoms. The number of carbonyl (C=O) groups is 1. The number of aryl methyl sites for hydroxylation is 2. The molecule has 1 N–H and O–H groups in total. The van der Waals surface area contributed by atoms with Crippen LogP contribution < -0.4 is 5.32 Å². The van der Waals surface area contributed by atoms with E-state index in [9.17, 15) is 4.79 Å². The first-order chi connectivity index (χ1) is 8.50. The number of aromatic nitrogens is 2. The predicted octanol–water partition coefficient (Wildman–Crippen LogP) is 2.59.